The molecular weight excluding hydrogens is 568 g/mol. The number of aliphatic hydroxyl groups excluding tert-OH is 1. The van der Waals surface area contributed by atoms with Crippen molar-refractivity contribution in [3.8, 4) is 0 Å². The predicted octanol–water partition coefficient (Wildman–Crippen LogP) is 6.13. The Hall–Kier alpha value is -2.55. The molecule has 0 bridgehead atoms. The number of carbonyl (C=O) groups excluding carboxylic acids is 3. The number of carbonyl (C=O) groups is 3. The molecule has 1 fully saturated rings. The van der Waals surface area contributed by atoms with Crippen LogP contribution in [0.4, 0.5) is 0 Å². The van der Waals surface area contributed by atoms with E-state index in [-0.39, 0.29) is 53.7 Å². The van der Waals surface area contributed by atoms with E-state index in [1.54, 1.807) is 27.2 Å². The standard InChI is InChI=1S/C37H60N2O6/c1-10-25(4)34(39(7)33(41)20-24(2)3)30(23-44-8)22-31(40)21-29-18-14-15-19-32(29)36(45-9)26(5)37(43)38-27(6)35(42)28-16-12-11-13-17-28/h11-13,16-17,21,24-27,30,32,34-36,42H,10,14-15,18-20,22-23H2,1-9H3,(H,38,43)/b29-21-/t25-,26+,27+,30-,32+,34-,35+,36+/m0/s1. The van der Waals surface area contributed by atoms with Crippen molar-refractivity contribution in [1.29, 1.82) is 0 Å². The number of hydrogen-bond donors (Lipinski definition) is 2. The molecule has 1 aromatic carbocycles. The van der Waals surface area contributed by atoms with Crippen LogP contribution >= 0.6 is 0 Å². The second kappa shape index (κ2) is 19.2. The first-order valence-corrected chi connectivity index (χ1v) is 16.9. The van der Waals surface area contributed by atoms with Crippen LogP contribution in [0.2, 0.25) is 0 Å². The molecule has 0 aliphatic heterocycles. The average molecular weight is 629 g/mol. The Balaban J connectivity index is 2.23. The Labute approximate surface area is 272 Å². The Kier molecular flexibility index (Phi) is 16.5. The van der Waals surface area contributed by atoms with Gasteiger partial charge in [0.15, 0.2) is 5.78 Å². The summed E-state index contributed by atoms with van der Waals surface area (Å²) in [4.78, 5) is 42.1. The van der Waals surface area contributed by atoms with Gasteiger partial charge in [0.1, 0.15) is 0 Å². The lowest BCUT2D eigenvalue weighted by molar-refractivity contribution is -0.136. The summed E-state index contributed by atoms with van der Waals surface area (Å²) in [6.07, 6.45) is 5.78. The lowest BCUT2D eigenvalue weighted by Crippen LogP contribution is -2.48. The van der Waals surface area contributed by atoms with Crippen molar-refractivity contribution in [3.05, 3.63) is 47.5 Å². The topological polar surface area (TPSA) is 105 Å². The van der Waals surface area contributed by atoms with Crippen LogP contribution in [0.1, 0.15) is 98.2 Å². The van der Waals surface area contributed by atoms with Gasteiger partial charge in [-0.1, -0.05) is 83.4 Å². The van der Waals surface area contributed by atoms with Gasteiger partial charge in [-0.3, -0.25) is 14.4 Å². The highest BCUT2D eigenvalue weighted by atomic mass is 16.5. The molecule has 0 aromatic heterocycles. The minimum Gasteiger partial charge on any atom is -0.386 e. The van der Waals surface area contributed by atoms with Gasteiger partial charge < -0.3 is 24.8 Å². The fourth-order valence-electron chi connectivity index (χ4n) is 6.94. The van der Waals surface area contributed by atoms with Gasteiger partial charge in [0, 0.05) is 52.0 Å². The normalized spacial score (nSPS) is 21.0. The second-order valence-electron chi connectivity index (χ2n) is 13.6. The molecule has 1 aliphatic carbocycles. The molecule has 2 rings (SSSR count). The maximum absolute atomic E-state index is 13.7. The van der Waals surface area contributed by atoms with Crippen molar-refractivity contribution in [2.45, 2.75) is 111 Å². The zero-order chi connectivity index (χ0) is 33.7. The van der Waals surface area contributed by atoms with E-state index in [1.807, 2.05) is 63.1 Å². The molecule has 0 radical (unpaired) electrons. The summed E-state index contributed by atoms with van der Waals surface area (Å²) in [6.45, 7) is 12.4. The number of allylic oxidation sites excluding steroid dienone is 1. The number of rotatable bonds is 18. The van der Waals surface area contributed by atoms with E-state index in [1.165, 1.54) is 0 Å². The number of ketones is 1. The fourth-order valence-corrected chi connectivity index (χ4v) is 6.94. The largest absolute Gasteiger partial charge is 0.386 e. The van der Waals surface area contributed by atoms with Gasteiger partial charge in [-0.25, -0.2) is 0 Å². The molecule has 1 aromatic rings. The molecule has 0 unspecified atom stereocenters. The molecule has 2 amide bonds. The van der Waals surface area contributed by atoms with E-state index in [0.717, 1.165) is 43.2 Å². The van der Waals surface area contributed by atoms with Gasteiger partial charge in [0.05, 0.1) is 30.8 Å². The third-order valence-corrected chi connectivity index (χ3v) is 9.59. The number of ether oxygens (including phenoxy) is 2. The summed E-state index contributed by atoms with van der Waals surface area (Å²) in [5, 5.41) is 13.8. The van der Waals surface area contributed by atoms with Gasteiger partial charge in [-0.05, 0) is 49.7 Å². The minimum absolute atomic E-state index is 0.0172. The molecule has 0 spiro atoms. The summed E-state index contributed by atoms with van der Waals surface area (Å²) in [5.74, 6) is -0.316. The van der Waals surface area contributed by atoms with Crippen molar-refractivity contribution < 1.29 is 29.0 Å². The molecule has 45 heavy (non-hydrogen) atoms. The SMILES string of the molecule is CC[C@H](C)[C@@H]([C@H](COC)CC(=O)/C=C1/CCCC[C@H]1[C@H](OC)[C@@H](C)C(=O)N[C@H](C)[C@@H](O)c1ccccc1)N(C)C(=O)CC(C)C. The Morgan fingerprint density at radius 2 is 1.71 bits per heavy atom. The lowest BCUT2D eigenvalue weighted by atomic mass is 9.76. The first-order chi connectivity index (χ1) is 21.4. The molecule has 0 saturated heterocycles. The lowest BCUT2D eigenvalue weighted by Gasteiger charge is -2.38. The summed E-state index contributed by atoms with van der Waals surface area (Å²) >= 11 is 0. The number of nitrogens with one attached hydrogen (secondary N) is 1. The third-order valence-electron chi connectivity index (χ3n) is 9.59. The molecule has 1 aliphatic rings. The maximum Gasteiger partial charge on any atom is 0.225 e. The average Bonchev–Trinajstić information content (AvgIpc) is 3.01. The van der Waals surface area contributed by atoms with Gasteiger partial charge in [-0.2, -0.15) is 0 Å². The Bertz CT molecular complexity index is 1090. The van der Waals surface area contributed by atoms with E-state index in [9.17, 15) is 19.5 Å². The minimum atomic E-state index is -0.829. The summed E-state index contributed by atoms with van der Waals surface area (Å²) in [7, 11) is 5.13. The van der Waals surface area contributed by atoms with Crippen LogP contribution < -0.4 is 5.32 Å². The maximum atomic E-state index is 13.7. The smallest absolute Gasteiger partial charge is 0.225 e. The van der Waals surface area contributed by atoms with Crippen LogP contribution in [-0.2, 0) is 23.9 Å². The fraction of sp³-hybridized carbons (Fsp3) is 0.703. The van der Waals surface area contributed by atoms with Gasteiger partial charge in [0.2, 0.25) is 11.8 Å². The predicted molar refractivity (Wildman–Crippen MR) is 179 cm³/mol. The van der Waals surface area contributed by atoms with Crippen LogP contribution in [0.15, 0.2) is 42.0 Å². The van der Waals surface area contributed by atoms with E-state index < -0.39 is 24.2 Å². The van der Waals surface area contributed by atoms with Gasteiger partial charge >= 0.3 is 0 Å². The summed E-state index contributed by atoms with van der Waals surface area (Å²) in [5.41, 5.74) is 1.77. The van der Waals surface area contributed by atoms with Crippen LogP contribution in [0.5, 0.6) is 0 Å². The highest BCUT2D eigenvalue weighted by molar-refractivity contribution is 5.90. The van der Waals surface area contributed by atoms with E-state index >= 15 is 0 Å². The van der Waals surface area contributed by atoms with E-state index in [2.05, 4.69) is 19.2 Å². The van der Waals surface area contributed by atoms with Crippen LogP contribution in [0.3, 0.4) is 0 Å². The quantitative estimate of drug-likeness (QED) is 0.190. The van der Waals surface area contributed by atoms with Crippen LogP contribution in [0, 0.1) is 29.6 Å². The van der Waals surface area contributed by atoms with Crippen LogP contribution in [0.25, 0.3) is 0 Å². The summed E-state index contributed by atoms with van der Waals surface area (Å²) < 4.78 is 11.6. The number of aliphatic hydroxyl groups is 1. The monoisotopic (exact) mass is 628 g/mol. The van der Waals surface area contributed by atoms with E-state index in [0.29, 0.717) is 13.0 Å². The summed E-state index contributed by atoms with van der Waals surface area (Å²) in [6, 6.07) is 8.70. The molecule has 2 N–H and O–H groups in total. The highest BCUT2D eigenvalue weighted by Gasteiger charge is 2.37. The first-order valence-electron chi connectivity index (χ1n) is 16.9. The molecule has 8 heteroatoms. The van der Waals surface area contributed by atoms with Crippen molar-refractivity contribution in [3.63, 3.8) is 0 Å². The highest BCUT2D eigenvalue weighted by Crippen LogP contribution is 2.36. The second-order valence-corrected chi connectivity index (χ2v) is 13.6. The van der Waals surface area contributed by atoms with E-state index in [4.69, 9.17) is 9.47 Å². The molecule has 8 atom stereocenters. The Morgan fingerprint density at radius 1 is 1.04 bits per heavy atom. The number of amides is 2. The third kappa shape index (κ3) is 11.3. The molecule has 8 nitrogen and oxygen atoms in total. The van der Waals surface area contributed by atoms with Gasteiger partial charge in [-0.15, -0.1) is 0 Å². The van der Waals surface area contributed by atoms with Crippen molar-refractivity contribution in [2.24, 2.45) is 29.6 Å². The van der Waals surface area contributed by atoms with Gasteiger partial charge in [0.25, 0.3) is 0 Å². The number of methoxy groups -OCH3 is 2. The number of nitrogens with zero attached hydrogens (tertiary/aromatic N) is 1. The molecule has 0 heterocycles. The molecular formula is C37H60N2O6. The number of hydrogen-bond acceptors (Lipinski definition) is 6. The molecule has 254 valence electrons. The zero-order valence-corrected chi connectivity index (χ0v) is 29.3. The zero-order valence-electron chi connectivity index (χ0n) is 29.3. The Morgan fingerprint density at radius 3 is 2.29 bits per heavy atom. The number of benzene rings is 1. The van der Waals surface area contributed by atoms with Crippen molar-refractivity contribution >= 4 is 17.6 Å². The van der Waals surface area contributed by atoms with Crippen LogP contribution in [-0.4, -0.2) is 73.7 Å². The molecule has 1 saturated carbocycles. The van der Waals surface area contributed by atoms with Crippen molar-refractivity contribution in [1.82, 2.24) is 10.2 Å². The van der Waals surface area contributed by atoms with Crippen molar-refractivity contribution in [2.75, 3.05) is 27.9 Å². The first kappa shape index (κ1) is 38.6.